The third-order valence-corrected chi connectivity index (χ3v) is 2.93. The molecule has 94 valence electrons. The van der Waals surface area contributed by atoms with Crippen molar-refractivity contribution in [3.05, 3.63) is 34.1 Å². The summed E-state index contributed by atoms with van der Waals surface area (Å²) in [6.45, 7) is 0. The van der Waals surface area contributed by atoms with Gasteiger partial charge in [0.2, 0.25) is 11.8 Å². The second-order valence-electron chi connectivity index (χ2n) is 3.52. The number of hydrogen-bond donors (Lipinski definition) is 1. The molecular formula is C11H8Cl2N2O3. The van der Waals surface area contributed by atoms with Crippen LogP contribution in [0.3, 0.4) is 0 Å². The van der Waals surface area contributed by atoms with Crippen LogP contribution < -0.4 is 0 Å². The Balaban J connectivity index is 2.18. The average molecular weight is 287 g/mol. The SMILES string of the molecule is O=C(O)CCc1nnc(-c2ccc(Cl)c(Cl)c2)o1. The molecule has 0 aliphatic heterocycles. The third-order valence-electron chi connectivity index (χ3n) is 2.19. The largest absolute Gasteiger partial charge is 0.481 e. The Kier molecular flexibility index (Phi) is 3.84. The normalized spacial score (nSPS) is 10.6. The molecule has 0 fully saturated rings. The molecule has 0 amide bonds. The molecule has 1 aromatic heterocycles. The van der Waals surface area contributed by atoms with Crippen molar-refractivity contribution in [2.24, 2.45) is 0 Å². The first-order valence-corrected chi connectivity index (χ1v) is 5.81. The Bertz CT molecular complexity index is 583. The number of carbonyl (C=O) groups is 1. The summed E-state index contributed by atoms with van der Waals surface area (Å²) in [5.74, 6) is -0.350. The van der Waals surface area contributed by atoms with Crippen molar-refractivity contribution in [3.63, 3.8) is 0 Å². The highest BCUT2D eigenvalue weighted by Crippen LogP contribution is 2.27. The van der Waals surface area contributed by atoms with Gasteiger partial charge in [0.15, 0.2) is 0 Å². The van der Waals surface area contributed by atoms with Crippen molar-refractivity contribution in [2.45, 2.75) is 12.8 Å². The van der Waals surface area contributed by atoms with Crippen molar-refractivity contribution in [2.75, 3.05) is 0 Å². The molecule has 0 saturated heterocycles. The van der Waals surface area contributed by atoms with Gasteiger partial charge in [-0.2, -0.15) is 0 Å². The predicted octanol–water partition coefficient (Wildman–Crippen LogP) is 3.06. The highest BCUT2D eigenvalue weighted by Gasteiger charge is 2.11. The molecule has 2 rings (SSSR count). The number of halogens is 2. The summed E-state index contributed by atoms with van der Waals surface area (Å²) in [4.78, 5) is 10.4. The summed E-state index contributed by atoms with van der Waals surface area (Å²) in [5.41, 5.74) is 0.637. The van der Waals surface area contributed by atoms with Crippen LogP contribution in [0.25, 0.3) is 11.5 Å². The van der Waals surface area contributed by atoms with Crippen LogP contribution in [0.1, 0.15) is 12.3 Å². The zero-order valence-corrected chi connectivity index (χ0v) is 10.6. The summed E-state index contributed by atoms with van der Waals surface area (Å²) in [7, 11) is 0. The molecule has 0 atom stereocenters. The highest BCUT2D eigenvalue weighted by atomic mass is 35.5. The van der Waals surface area contributed by atoms with Crippen LogP contribution >= 0.6 is 23.2 Å². The van der Waals surface area contributed by atoms with Gasteiger partial charge < -0.3 is 9.52 Å². The van der Waals surface area contributed by atoms with Crippen LogP contribution in [-0.2, 0) is 11.2 Å². The number of hydrogen-bond acceptors (Lipinski definition) is 4. The van der Waals surface area contributed by atoms with Gasteiger partial charge in [-0.05, 0) is 18.2 Å². The number of carboxylic acids is 1. The Morgan fingerprint density at radius 2 is 2.06 bits per heavy atom. The monoisotopic (exact) mass is 286 g/mol. The third kappa shape index (κ3) is 3.00. The molecule has 18 heavy (non-hydrogen) atoms. The average Bonchev–Trinajstić information content (AvgIpc) is 2.79. The Labute approximate surface area is 112 Å². The van der Waals surface area contributed by atoms with E-state index in [0.29, 0.717) is 15.6 Å². The van der Waals surface area contributed by atoms with E-state index in [4.69, 9.17) is 32.7 Å². The summed E-state index contributed by atoms with van der Waals surface area (Å²) in [6, 6.07) is 4.93. The molecule has 1 N–H and O–H groups in total. The molecule has 0 saturated carbocycles. The van der Waals surface area contributed by atoms with Gasteiger partial charge in [0.05, 0.1) is 16.5 Å². The number of nitrogens with zero attached hydrogens (tertiary/aromatic N) is 2. The van der Waals surface area contributed by atoms with Crippen molar-refractivity contribution in [1.29, 1.82) is 0 Å². The van der Waals surface area contributed by atoms with Gasteiger partial charge in [-0.3, -0.25) is 4.79 Å². The lowest BCUT2D eigenvalue weighted by molar-refractivity contribution is -0.137. The van der Waals surface area contributed by atoms with Gasteiger partial charge in [0.1, 0.15) is 0 Å². The van der Waals surface area contributed by atoms with Gasteiger partial charge in [-0.1, -0.05) is 23.2 Å². The molecule has 0 aliphatic rings. The van der Waals surface area contributed by atoms with Crippen molar-refractivity contribution in [1.82, 2.24) is 10.2 Å². The number of aromatic nitrogens is 2. The fourth-order valence-electron chi connectivity index (χ4n) is 1.31. The van der Waals surface area contributed by atoms with E-state index >= 15 is 0 Å². The maximum Gasteiger partial charge on any atom is 0.303 e. The zero-order valence-electron chi connectivity index (χ0n) is 9.06. The van der Waals surface area contributed by atoms with E-state index in [0.717, 1.165) is 0 Å². The van der Waals surface area contributed by atoms with Crippen LogP contribution in [-0.4, -0.2) is 21.3 Å². The van der Waals surface area contributed by atoms with E-state index in [1.807, 2.05) is 0 Å². The standard InChI is InChI=1S/C11H8Cl2N2O3/c12-7-2-1-6(5-8(7)13)11-15-14-9(18-11)3-4-10(16)17/h1-2,5H,3-4H2,(H,16,17). The summed E-state index contributed by atoms with van der Waals surface area (Å²) in [5, 5.41) is 17.0. The van der Waals surface area contributed by atoms with Gasteiger partial charge in [0, 0.05) is 12.0 Å². The van der Waals surface area contributed by atoms with E-state index in [1.54, 1.807) is 18.2 Å². The number of rotatable bonds is 4. The van der Waals surface area contributed by atoms with Crippen LogP contribution in [0.4, 0.5) is 0 Å². The molecule has 0 aliphatic carbocycles. The molecule has 1 heterocycles. The molecule has 1 aromatic carbocycles. The number of benzene rings is 1. The molecule has 0 radical (unpaired) electrons. The van der Waals surface area contributed by atoms with Crippen molar-refractivity contribution in [3.8, 4) is 11.5 Å². The lowest BCUT2D eigenvalue weighted by Crippen LogP contribution is -1.97. The maximum atomic E-state index is 10.4. The maximum absolute atomic E-state index is 10.4. The first-order valence-electron chi connectivity index (χ1n) is 5.06. The Hall–Kier alpha value is -1.59. The van der Waals surface area contributed by atoms with Crippen molar-refractivity contribution < 1.29 is 14.3 Å². The Morgan fingerprint density at radius 1 is 1.28 bits per heavy atom. The van der Waals surface area contributed by atoms with E-state index < -0.39 is 5.97 Å². The van der Waals surface area contributed by atoms with Gasteiger partial charge in [-0.15, -0.1) is 10.2 Å². The predicted molar refractivity (Wildman–Crippen MR) is 65.7 cm³/mol. The minimum Gasteiger partial charge on any atom is -0.481 e. The second-order valence-corrected chi connectivity index (χ2v) is 4.34. The van der Waals surface area contributed by atoms with Gasteiger partial charge in [0.25, 0.3) is 0 Å². The van der Waals surface area contributed by atoms with E-state index in [2.05, 4.69) is 10.2 Å². The van der Waals surface area contributed by atoms with Gasteiger partial charge in [-0.25, -0.2) is 0 Å². The summed E-state index contributed by atoms with van der Waals surface area (Å²) < 4.78 is 5.33. The topological polar surface area (TPSA) is 76.2 Å². The molecular weight excluding hydrogens is 279 g/mol. The second kappa shape index (κ2) is 5.37. The van der Waals surface area contributed by atoms with Gasteiger partial charge >= 0.3 is 5.97 Å². The lowest BCUT2D eigenvalue weighted by atomic mass is 10.2. The Morgan fingerprint density at radius 3 is 2.72 bits per heavy atom. The summed E-state index contributed by atoms with van der Waals surface area (Å²) in [6.07, 6.45) is 0.145. The van der Waals surface area contributed by atoms with Crippen molar-refractivity contribution >= 4 is 29.2 Å². The molecule has 0 unspecified atom stereocenters. The molecule has 0 spiro atoms. The van der Waals surface area contributed by atoms with Crippen LogP contribution in [0, 0.1) is 0 Å². The number of aryl methyl sites for hydroxylation is 1. The molecule has 7 heteroatoms. The van der Waals surface area contributed by atoms with E-state index in [-0.39, 0.29) is 24.6 Å². The van der Waals surface area contributed by atoms with Crippen LogP contribution in [0.15, 0.2) is 22.6 Å². The molecule has 2 aromatic rings. The minimum atomic E-state index is -0.913. The summed E-state index contributed by atoms with van der Waals surface area (Å²) >= 11 is 11.7. The first kappa shape index (κ1) is 12.9. The number of carboxylic acid groups (broad SMARTS) is 1. The van der Waals surface area contributed by atoms with Crippen LogP contribution in [0.2, 0.25) is 10.0 Å². The molecule has 5 nitrogen and oxygen atoms in total. The van der Waals surface area contributed by atoms with E-state index in [9.17, 15) is 4.79 Å². The first-order chi connectivity index (χ1) is 8.56. The van der Waals surface area contributed by atoms with Crippen LogP contribution in [0.5, 0.6) is 0 Å². The highest BCUT2D eigenvalue weighted by molar-refractivity contribution is 6.42. The number of aliphatic carboxylic acids is 1. The quantitative estimate of drug-likeness (QED) is 0.935. The molecule has 0 bridgehead atoms. The van der Waals surface area contributed by atoms with E-state index in [1.165, 1.54) is 0 Å². The fraction of sp³-hybridized carbons (Fsp3) is 0.182. The minimum absolute atomic E-state index is 0.0526. The lowest BCUT2D eigenvalue weighted by Gasteiger charge is -1.97. The zero-order chi connectivity index (χ0) is 13.1. The fourth-order valence-corrected chi connectivity index (χ4v) is 1.61. The smallest absolute Gasteiger partial charge is 0.303 e.